The highest BCUT2D eigenvalue weighted by molar-refractivity contribution is 5.69. The minimum absolute atomic E-state index is 0.0778. The summed E-state index contributed by atoms with van der Waals surface area (Å²) >= 11 is 0. The Morgan fingerprint density at radius 2 is 1.73 bits per heavy atom. The summed E-state index contributed by atoms with van der Waals surface area (Å²) in [5.41, 5.74) is 1.31. The molecule has 10 nitrogen and oxygen atoms in total. The number of alkyl carbamates (subject to hydrolysis) is 1. The number of aliphatic hydroxyl groups excluding tert-OH is 1. The lowest BCUT2D eigenvalue weighted by Gasteiger charge is -2.35. The molecule has 0 aliphatic carbocycles. The minimum Gasteiger partial charge on any atom is -0.445 e. The topological polar surface area (TPSA) is 130 Å². The molecule has 2 atom stereocenters. The van der Waals surface area contributed by atoms with Crippen molar-refractivity contribution in [3.05, 3.63) is 71.8 Å². The molecule has 0 radical (unpaired) electrons. The number of carbonyl (C=O) groups excluding carboxylic acids is 2. The fraction of sp³-hybridized carbons (Fsp3) is 0.500. The third-order valence-electron chi connectivity index (χ3n) is 6.52. The number of hydrogen-bond acceptors (Lipinski definition) is 8. The van der Waals surface area contributed by atoms with E-state index in [2.05, 4.69) is 11.4 Å². The molecular weight excluding hydrogens is 514 g/mol. The molecule has 216 valence electrons. The predicted octanol–water partition coefficient (Wildman–Crippen LogP) is 4.03. The molecule has 1 heterocycles. The SMILES string of the molecule is CC(C)(CCC#N)CN(C[C@@H](O)C(Cc1ccccc1)NC(=O)OC1COCOC1)C(=O)OCc1ccccc1. The van der Waals surface area contributed by atoms with Crippen molar-refractivity contribution in [2.24, 2.45) is 5.41 Å². The van der Waals surface area contributed by atoms with Crippen molar-refractivity contribution >= 4 is 12.2 Å². The monoisotopic (exact) mass is 553 g/mol. The number of amides is 2. The average Bonchev–Trinajstić information content (AvgIpc) is 2.95. The molecule has 0 bridgehead atoms. The van der Waals surface area contributed by atoms with E-state index in [0.29, 0.717) is 19.3 Å². The molecule has 2 aromatic carbocycles. The second kappa shape index (κ2) is 15.8. The number of rotatable bonds is 13. The van der Waals surface area contributed by atoms with Gasteiger partial charge in [0.1, 0.15) is 13.4 Å². The lowest BCUT2D eigenvalue weighted by molar-refractivity contribution is -0.151. The summed E-state index contributed by atoms with van der Waals surface area (Å²) in [6.07, 6.45) is -1.82. The number of benzene rings is 2. The maximum atomic E-state index is 13.3. The van der Waals surface area contributed by atoms with Gasteiger partial charge in [0.25, 0.3) is 0 Å². The molecular formula is C30H39N3O7. The molecule has 1 aliphatic rings. The van der Waals surface area contributed by atoms with Crippen molar-refractivity contribution in [2.75, 3.05) is 33.1 Å². The van der Waals surface area contributed by atoms with E-state index in [4.69, 9.17) is 24.2 Å². The van der Waals surface area contributed by atoms with Gasteiger partial charge in [-0.2, -0.15) is 5.26 Å². The zero-order chi connectivity index (χ0) is 28.8. The molecule has 0 aromatic heterocycles. The van der Waals surface area contributed by atoms with Gasteiger partial charge in [-0.15, -0.1) is 0 Å². The summed E-state index contributed by atoms with van der Waals surface area (Å²) in [7, 11) is 0. The molecule has 1 aliphatic heterocycles. The van der Waals surface area contributed by atoms with E-state index >= 15 is 0 Å². The summed E-state index contributed by atoms with van der Waals surface area (Å²) in [5.74, 6) is 0. The zero-order valence-corrected chi connectivity index (χ0v) is 23.2. The van der Waals surface area contributed by atoms with Crippen LogP contribution in [0.1, 0.15) is 37.8 Å². The van der Waals surface area contributed by atoms with Crippen LogP contribution in [0.4, 0.5) is 9.59 Å². The van der Waals surface area contributed by atoms with Crippen LogP contribution in [0.2, 0.25) is 0 Å². The third-order valence-corrected chi connectivity index (χ3v) is 6.52. The molecule has 40 heavy (non-hydrogen) atoms. The standard InChI is InChI=1S/C30H39N3O7/c1-30(2,14-9-15-31)21-33(29(36)39-18-24-12-7-4-8-13-24)17-27(34)26(16-23-10-5-3-6-11-23)32-28(35)40-25-19-37-22-38-20-25/h3-8,10-13,25-27,34H,9,14,16-22H2,1-2H3,(H,32,35)/t26?,27-/m1/s1. The first-order chi connectivity index (χ1) is 19.3. The van der Waals surface area contributed by atoms with Crippen molar-refractivity contribution in [3.63, 3.8) is 0 Å². The quantitative estimate of drug-likeness (QED) is 0.380. The lowest BCUT2D eigenvalue weighted by Crippen LogP contribution is -2.52. The van der Waals surface area contributed by atoms with Gasteiger partial charge in [-0.3, -0.25) is 0 Å². The van der Waals surface area contributed by atoms with Gasteiger partial charge in [-0.1, -0.05) is 74.5 Å². The lowest BCUT2D eigenvalue weighted by atomic mass is 9.87. The number of nitrogens with zero attached hydrogens (tertiary/aromatic N) is 2. The molecule has 1 saturated heterocycles. The van der Waals surface area contributed by atoms with Gasteiger partial charge in [0, 0.05) is 13.0 Å². The molecule has 2 amide bonds. The fourth-order valence-electron chi connectivity index (χ4n) is 4.38. The highest BCUT2D eigenvalue weighted by Gasteiger charge is 2.32. The van der Waals surface area contributed by atoms with Crippen molar-refractivity contribution in [3.8, 4) is 6.07 Å². The van der Waals surface area contributed by atoms with E-state index in [1.807, 2.05) is 74.5 Å². The van der Waals surface area contributed by atoms with E-state index < -0.39 is 35.9 Å². The number of nitriles is 1. The fourth-order valence-corrected chi connectivity index (χ4v) is 4.38. The van der Waals surface area contributed by atoms with Crippen LogP contribution in [0.15, 0.2) is 60.7 Å². The van der Waals surface area contributed by atoms with E-state index in [0.717, 1.165) is 11.1 Å². The Labute approximate surface area is 235 Å². The molecule has 0 spiro atoms. The van der Waals surface area contributed by atoms with Crippen LogP contribution in [-0.4, -0.2) is 73.5 Å². The summed E-state index contributed by atoms with van der Waals surface area (Å²) in [4.78, 5) is 27.5. The van der Waals surface area contributed by atoms with E-state index in [9.17, 15) is 14.7 Å². The maximum absolute atomic E-state index is 13.3. The van der Waals surface area contributed by atoms with Crippen LogP contribution in [0.5, 0.6) is 0 Å². The van der Waals surface area contributed by atoms with Crippen molar-refractivity contribution in [1.82, 2.24) is 10.2 Å². The van der Waals surface area contributed by atoms with Gasteiger partial charge >= 0.3 is 12.2 Å². The molecule has 1 unspecified atom stereocenters. The summed E-state index contributed by atoms with van der Waals surface area (Å²) < 4.78 is 21.4. The summed E-state index contributed by atoms with van der Waals surface area (Å²) in [5, 5.41) is 23.2. The average molecular weight is 554 g/mol. The first-order valence-electron chi connectivity index (χ1n) is 13.4. The van der Waals surface area contributed by atoms with Gasteiger partial charge in [-0.25, -0.2) is 9.59 Å². The molecule has 3 rings (SSSR count). The van der Waals surface area contributed by atoms with Crippen LogP contribution in [0, 0.1) is 16.7 Å². The zero-order valence-electron chi connectivity index (χ0n) is 23.2. The van der Waals surface area contributed by atoms with Gasteiger partial charge in [0.2, 0.25) is 0 Å². The predicted molar refractivity (Wildman–Crippen MR) is 147 cm³/mol. The first kappa shape index (κ1) is 30.9. The van der Waals surface area contributed by atoms with Crippen molar-refractivity contribution in [1.29, 1.82) is 5.26 Å². The molecule has 1 fully saturated rings. The summed E-state index contributed by atoms with van der Waals surface area (Å²) in [6, 6.07) is 20.1. The molecule has 2 N–H and O–H groups in total. The first-order valence-corrected chi connectivity index (χ1v) is 13.4. The number of ether oxygens (including phenoxy) is 4. The second-order valence-electron chi connectivity index (χ2n) is 10.6. The van der Waals surface area contributed by atoms with E-state index in [1.54, 1.807) is 0 Å². The minimum atomic E-state index is -1.15. The normalized spacial score (nSPS) is 15.3. The Hall–Kier alpha value is -3.65. The van der Waals surface area contributed by atoms with Crippen LogP contribution in [0.3, 0.4) is 0 Å². The number of nitrogens with one attached hydrogen (secondary N) is 1. The number of hydrogen-bond donors (Lipinski definition) is 2. The number of aliphatic hydroxyl groups is 1. The Morgan fingerprint density at radius 3 is 2.35 bits per heavy atom. The van der Waals surface area contributed by atoms with Gasteiger partial charge in [0.15, 0.2) is 6.10 Å². The highest BCUT2D eigenvalue weighted by Crippen LogP contribution is 2.25. The molecule has 0 saturated carbocycles. The van der Waals surface area contributed by atoms with Crippen molar-refractivity contribution in [2.45, 2.75) is 58.0 Å². The molecule has 2 aromatic rings. The number of carbonyl (C=O) groups is 2. The third kappa shape index (κ3) is 10.8. The van der Waals surface area contributed by atoms with Gasteiger partial charge in [0.05, 0.1) is 38.0 Å². The van der Waals surface area contributed by atoms with E-state index in [1.165, 1.54) is 4.90 Å². The van der Waals surface area contributed by atoms with Crippen LogP contribution in [0.25, 0.3) is 0 Å². The Kier molecular flexibility index (Phi) is 12.2. The Balaban J connectivity index is 1.74. The van der Waals surface area contributed by atoms with Crippen LogP contribution in [-0.2, 0) is 32.0 Å². The Bertz CT molecular complexity index is 1090. The van der Waals surface area contributed by atoms with E-state index in [-0.39, 0.29) is 39.7 Å². The van der Waals surface area contributed by atoms with Crippen LogP contribution >= 0.6 is 0 Å². The van der Waals surface area contributed by atoms with Gasteiger partial charge in [-0.05, 0) is 29.4 Å². The summed E-state index contributed by atoms with van der Waals surface area (Å²) in [6.45, 7) is 4.73. The Morgan fingerprint density at radius 1 is 1.10 bits per heavy atom. The maximum Gasteiger partial charge on any atom is 0.410 e. The van der Waals surface area contributed by atoms with Crippen LogP contribution < -0.4 is 5.32 Å². The smallest absolute Gasteiger partial charge is 0.410 e. The second-order valence-corrected chi connectivity index (χ2v) is 10.6. The van der Waals surface area contributed by atoms with Crippen molar-refractivity contribution < 1.29 is 33.6 Å². The van der Waals surface area contributed by atoms with Gasteiger partial charge < -0.3 is 34.3 Å². The highest BCUT2D eigenvalue weighted by atomic mass is 16.7. The molecule has 10 heteroatoms. The largest absolute Gasteiger partial charge is 0.445 e.